The lowest BCUT2D eigenvalue weighted by atomic mass is 10.0. The summed E-state index contributed by atoms with van der Waals surface area (Å²) in [5.74, 6) is -1.85. The summed E-state index contributed by atoms with van der Waals surface area (Å²) in [4.78, 5) is 56.3. The van der Waals surface area contributed by atoms with Gasteiger partial charge in [0.15, 0.2) is 15.6 Å². The molecule has 3 aromatic rings. The van der Waals surface area contributed by atoms with Gasteiger partial charge in [-0.25, -0.2) is 8.42 Å². The number of ketones is 1. The van der Waals surface area contributed by atoms with Gasteiger partial charge in [-0.2, -0.15) is 0 Å². The van der Waals surface area contributed by atoms with Crippen LogP contribution in [0.15, 0.2) is 82.2 Å². The number of benzene rings is 3. The fourth-order valence-corrected chi connectivity index (χ4v) is 6.21. The number of rotatable bonds is 7. The third kappa shape index (κ3) is 8.08. The van der Waals surface area contributed by atoms with Gasteiger partial charge in [-0.05, 0) is 61.4 Å². The van der Waals surface area contributed by atoms with Crippen LogP contribution in [0.3, 0.4) is 0 Å². The Labute approximate surface area is 258 Å². The summed E-state index contributed by atoms with van der Waals surface area (Å²) >= 11 is 3.35. The molecule has 1 aliphatic rings. The van der Waals surface area contributed by atoms with E-state index in [2.05, 4.69) is 21.2 Å². The minimum absolute atomic E-state index is 0.0117. The maximum atomic E-state index is 13.9. The summed E-state index contributed by atoms with van der Waals surface area (Å²) in [6.45, 7) is 1.27. The highest BCUT2D eigenvalue weighted by molar-refractivity contribution is 9.10. The number of aromatic hydroxyl groups is 1. The Bertz CT molecular complexity index is 1640. The molecule has 3 amide bonds. The van der Waals surface area contributed by atoms with E-state index >= 15 is 0 Å². The van der Waals surface area contributed by atoms with Gasteiger partial charge in [-0.3, -0.25) is 19.2 Å². The maximum absolute atomic E-state index is 13.9. The Balaban J connectivity index is 1.55. The number of nitrogens with zero attached hydrogens (tertiary/aromatic N) is 2. The lowest BCUT2D eigenvalue weighted by Gasteiger charge is -2.36. The number of phenols is 1. The standard InChI is InChI=1S/C31H32BrN3O7S/c1-20-14-15-34(18-25(37)19-35(20)30(39)26-8-3-4-9-28(26)43(2,41)42)31(40)27(16-21-10-12-24(36)13-11-21)33-29(38)22-6-5-7-23(32)17-22/h3-13,17,20,27,36H,14-16,18-19H2,1-2H3,(H,33,38)/t20-,27?/m0/s1. The average molecular weight is 671 g/mol. The molecule has 1 heterocycles. The molecule has 2 N–H and O–H groups in total. The first kappa shape index (κ1) is 31.9. The van der Waals surface area contributed by atoms with Crippen molar-refractivity contribution in [3.63, 3.8) is 0 Å². The number of carbonyl (C=O) groups excluding carboxylic acids is 4. The first-order chi connectivity index (χ1) is 20.3. The lowest BCUT2D eigenvalue weighted by molar-refractivity contribution is -0.138. The third-order valence-electron chi connectivity index (χ3n) is 7.22. The van der Waals surface area contributed by atoms with Crippen molar-refractivity contribution >= 4 is 49.3 Å². The molecule has 2 atom stereocenters. The number of hydrogen-bond donors (Lipinski definition) is 2. The molecule has 1 saturated heterocycles. The zero-order chi connectivity index (χ0) is 31.3. The Morgan fingerprint density at radius 1 is 1.02 bits per heavy atom. The second-order valence-electron chi connectivity index (χ2n) is 10.5. The molecule has 226 valence electrons. The van der Waals surface area contributed by atoms with Crippen molar-refractivity contribution in [2.75, 3.05) is 25.9 Å². The van der Waals surface area contributed by atoms with Crippen molar-refractivity contribution < 1.29 is 32.7 Å². The molecule has 10 nitrogen and oxygen atoms in total. The molecule has 1 unspecified atom stereocenters. The number of carbonyl (C=O) groups is 4. The number of nitrogens with one attached hydrogen (secondary N) is 1. The van der Waals surface area contributed by atoms with Gasteiger partial charge in [0.2, 0.25) is 5.91 Å². The van der Waals surface area contributed by atoms with Crippen LogP contribution in [0, 0.1) is 0 Å². The van der Waals surface area contributed by atoms with Gasteiger partial charge in [0, 0.05) is 35.3 Å². The molecule has 3 aromatic carbocycles. The van der Waals surface area contributed by atoms with Gasteiger partial charge in [0.25, 0.3) is 11.8 Å². The Hall–Kier alpha value is -4.03. The maximum Gasteiger partial charge on any atom is 0.255 e. The van der Waals surface area contributed by atoms with Crippen LogP contribution < -0.4 is 5.32 Å². The number of hydrogen-bond acceptors (Lipinski definition) is 7. The van der Waals surface area contributed by atoms with E-state index in [1.165, 1.54) is 40.1 Å². The minimum Gasteiger partial charge on any atom is -0.508 e. The zero-order valence-electron chi connectivity index (χ0n) is 23.7. The van der Waals surface area contributed by atoms with Gasteiger partial charge in [0.1, 0.15) is 11.8 Å². The highest BCUT2D eigenvalue weighted by Gasteiger charge is 2.34. The van der Waals surface area contributed by atoms with Crippen LogP contribution >= 0.6 is 15.9 Å². The van der Waals surface area contributed by atoms with Crippen LogP contribution in [0.4, 0.5) is 0 Å². The van der Waals surface area contributed by atoms with Crippen LogP contribution in [-0.4, -0.2) is 84.8 Å². The third-order valence-corrected chi connectivity index (χ3v) is 8.87. The van der Waals surface area contributed by atoms with E-state index in [1.54, 1.807) is 49.4 Å². The Morgan fingerprint density at radius 3 is 2.40 bits per heavy atom. The SMILES string of the molecule is C[C@H]1CCN(C(=O)C(Cc2ccc(O)cc2)NC(=O)c2cccc(Br)c2)CC(=O)CN1C(=O)c1ccccc1S(C)(=O)=O. The molecule has 0 aliphatic carbocycles. The van der Waals surface area contributed by atoms with E-state index in [9.17, 15) is 32.7 Å². The van der Waals surface area contributed by atoms with E-state index in [-0.39, 0.29) is 42.3 Å². The van der Waals surface area contributed by atoms with Crippen molar-refractivity contribution in [1.82, 2.24) is 15.1 Å². The van der Waals surface area contributed by atoms with Crippen LogP contribution in [0.5, 0.6) is 5.75 Å². The summed E-state index contributed by atoms with van der Waals surface area (Å²) < 4.78 is 25.3. The van der Waals surface area contributed by atoms with E-state index in [0.29, 0.717) is 22.0 Å². The topological polar surface area (TPSA) is 141 Å². The average Bonchev–Trinajstić information content (AvgIpc) is 2.96. The quantitative estimate of drug-likeness (QED) is 0.394. The Kier molecular flexibility index (Phi) is 10.0. The molecule has 43 heavy (non-hydrogen) atoms. The van der Waals surface area contributed by atoms with E-state index in [4.69, 9.17) is 0 Å². The summed E-state index contributed by atoms with van der Waals surface area (Å²) in [6.07, 6.45) is 1.46. The molecule has 0 aromatic heterocycles. The van der Waals surface area contributed by atoms with Crippen LogP contribution in [0.25, 0.3) is 0 Å². The molecule has 0 saturated carbocycles. The molecule has 12 heteroatoms. The predicted octanol–water partition coefficient (Wildman–Crippen LogP) is 3.23. The molecule has 0 bridgehead atoms. The molecular formula is C31H32BrN3O7S. The number of Topliss-reactive ketones (excluding diaryl/α,β-unsaturated/α-hetero) is 1. The van der Waals surface area contributed by atoms with Crippen LogP contribution in [0.1, 0.15) is 39.6 Å². The largest absolute Gasteiger partial charge is 0.508 e. The normalized spacial score (nSPS) is 16.6. The fraction of sp³-hybridized carbons (Fsp3) is 0.290. The summed E-state index contributed by atoms with van der Waals surface area (Å²) in [5.41, 5.74) is 1.03. The van der Waals surface area contributed by atoms with Crippen molar-refractivity contribution in [2.45, 2.75) is 36.7 Å². The van der Waals surface area contributed by atoms with Gasteiger partial charge in [-0.1, -0.05) is 46.3 Å². The number of halogens is 1. The second-order valence-corrected chi connectivity index (χ2v) is 13.4. The summed E-state index contributed by atoms with van der Waals surface area (Å²) in [5, 5.41) is 12.5. The van der Waals surface area contributed by atoms with Crippen molar-refractivity contribution in [2.24, 2.45) is 0 Å². The smallest absolute Gasteiger partial charge is 0.255 e. The van der Waals surface area contributed by atoms with E-state index in [1.807, 2.05) is 0 Å². The first-order valence-electron chi connectivity index (χ1n) is 13.6. The molecular weight excluding hydrogens is 638 g/mol. The van der Waals surface area contributed by atoms with Crippen molar-refractivity contribution in [3.05, 3.63) is 94.0 Å². The molecule has 0 spiro atoms. The molecule has 1 fully saturated rings. The van der Waals surface area contributed by atoms with Crippen LogP contribution in [0.2, 0.25) is 0 Å². The number of amides is 3. The minimum atomic E-state index is -3.69. The highest BCUT2D eigenvalue weighted by atomic mass is 79.9. The van der Waals surface area contributed by atoms with Gasteiger partial charge in [0.05, 0.1) is 23.5 Å². The number of phenolic OH excluding ortho intramolecular Hbond substituents is 1. The molecule has 0 radical (unpaired) electrons. The lowest BCUT2D eigenvalue weighted by Crippen LogP contribution is -2.55. The van der Waals surface area contributed by atoms with Crippen molar-refractivity contribution in [1.29, 1.82) is 0 Å². The Morgan fingerprint density at radius 2 is 1.72 bits per heavy atom. The fourth-order valence-electron chi connectivity index (χ4n) is 4.93. The van der Waals surface area contributed by atoms with Gasteiger partial charge < -0.3 is 20.2 Å². The van der Waals surface area contributed by atoms with Gasteiger partial charge in [-0.15, -0.1) is 0 Å². The van der Waals surface area contributed by atoms with Gasteiger partial charge >= 0.3 is 0 Å². The first-order valence-corrected chi connectivity index (χ1v) is 16.3. The second kappa shape index (κ2) is 13.5. The summed E-state index contributed by atoms with van der Waals surface area (Å²) in [6, 6.07) is 17.4. The molecule has 1 aliphatic heterocycles. The van der Waals surface area contributed by atoms with Crippen LogP contribution in [-0.2, 0) is 25.8 Å². The van der Waals surface area contributed by atoms with E-state index in [0.717, 1.165) is 6.26 Å². The number of sulfone groups is 1. The zero-order valence-corrected chi connectivity index (χ0v) is 26.1. The molecule has 4 rings (SSSR count). The van der Waals surface area contributed by atoms with E-state index < -0.39 is 45.4 Å². The monoisotopic (exact) mass is 669 g/mol. The highest BCUT2D eigenvalue weighted by Crippen LogP contribution is 2.21. The predicted molar refractivity (Wildman–Crippen MR) is 163 cm³/mol. The summed E-state index contributed by atoms with van der Waals surface area (Å²) in [7, 11) is -3.69. The van der Waals surface area contributed by atoms with Crippen molar-refractivity contribution in [3.8, 4) is 5.75 Å².